The number of hydrogen-bond donors (Lipinski definition) is 2. The van der Waals surface area contributed by atoms with Crippen LogP contribution in [-0.2, 0) is 14.4 Å². The smallest absolute Gasteiger partial charge is 0.329 e. The molecule has 112 valence electrons. The van der Waals surface area contributed by atoms with Crippen LogP contribution in [0, 0.1) is 11.8 Å². The molecule has 1 atom stereocenters. The number of nitrogens with one attached hydrogen (secondary N) is 1. The van der Waals surface area contributed by atoms with E-state index in [1.165, 1.54) is 4.90 Å². The molecule has 1 aliphatic carbocycles. The van der Waals surface area contributed by atoms with E-state index in [2.05, 4.69) is 12.2 Å². The summed E-state index contributed by atoms with van der Waals surface area (Å²) in [7, 11) is 1.66. The predicted molar refractivity (Wildman–Crippen MR) is 71.9 cm³/mol. The number of nitrogens with zero attached hydrogens (tertiary/aromatic N) is 1. The summed E-state index contributed by atoms with van der Waals surface area (Å²) in [6.07, 6.45) is 2.71. The lowest BCUT2D eigenvalue weighted by atomic mass is 9.77. The fraction of sp³-hybridized carbons (Fsp3) is 0.786. The molecule has 2 rings (SSSR count). The van der Waals surface area contributed by atoms with Crippen LogP contribution in [0.1, 0.15) is 39.0 Å². The SMILES string of the molecule is CC1CCC(NC(=O)C2CC(=O)N(C)C2)(C(=O)O)CC1. The van der Waals surface area contributed by atoms with E-state index in [4.69, 9.17) is 0 Å². The van der Waals surface area contributed by atoms with Crippen molar-refractivity contribution in [2.75, 3.05) is 13.6 Å². The van der Waals surface area contributed by atoms with Gasteiger partial charge in [-0.3, -0.25) is 9.59 Å². The fourth-order valence-corrected chi connectivity index (χ4v) is 3.02. The highest BCUT2D eigenvalue weighted by Crippen LogP contribution is 2.32. The Morgan fingerprint density at radius 2 is 1.95 bits per heavy atom. The molecular formula is C14H22N2O4. The van der Waals surface area contributed by atoms with Gasteiger partial charge in [0.25, 0.3) is 0 Å². The van der Waals surface area contributed by atoms with E-state index in [1.807, 2.05) is 0 Å². The lowest BCUT2D eigenvalue weighted by Gasteiger charge is -2.37. The van der Waals surface area contributed by atoms with Crippen molar-refractivity contribution in [2.45, 2.75) is 44.6 Å². The first-order valence-electron chi connectivity index (χ1n) is 7.13. The summed E-state index contributed by atoms with van der Waals surface area (Å²) in [5.41, 5.74) is -1.15. The second-order valence-corrected chi connectivity index (χ2v) is 6.23. The number of carboxylic acid groups (broad SMARTS) is 1. The fourth-order valence-electron chi connectivity index (χ4n) is 3.02. The first kappa shape index (κ1) is 14.8. The third kappa shape index (κ3) is 2.78. The monoisotopic (exact) mass is 282 g/mol. The van der Waals surface area contributed by atoms with Crippen molar-refractivity contribution < 1.29 is 19.5 Å². The molecule has 1 saturated heterocycles. The van der Waals surface area contributed by atoms with Crippen molar-refractivity contribution >= 4 is 17.8 Å². The minimum Gasteiger partial charge on any atom is -0.480 e. The van der Waals surface area contributed by atoms with E-state index in [-0.39, 0.29) is 18.2 Å². The van der Waals surface area contributed by atoms with Crippen LogP contribution in [0.5, 0.6) is 0 Å². The van der Waals surface area contributed by atoms with Gasteiger partial charge in [-0.2, -0.15) is 0 Å². The molecule has 2 fully saturated rings. The van der Waals surface area contributed by atoms with E-state index >= 15 is 0 Å². The first-order valence-corrected chi connectivity index (χ1v) is 7.13. The van der Waals surface area contributed by atoms with Gasteiger partial charge in [0.15, 0.2) is 0 Å². The molecule has 0 radical (unpaired) electrons. The first-order chi connectivity index (χ1) is 9.34. The maximum atomic E-state index is 12.2. The van der Waals surface area contributed by atoms with Crippen LogP contribution in [0.25, 0.3) is 0 Å². The third-order valence-corrected chi connectivity index (χ3v) is 4.61. The zero-order chi connectivity index (χ0) is 14.9. The number of aliphatic carboxylic acids is 1. The average Bonchev–Trinajstić information content (AvgIpc) is 2.72. The number of carboxylic acids is 1. The quantitative estimate of drug-likeness (QED) is 0.794. The van der Waals surface area contributed by atoms with Gasteiger partial charge >= 0.3 is 5.97 Å². The Kier molecular flexibility index (Phi) is 4.01. The normalized spacial score (nSPS) is 34.1. The van der Waals surface area contributed by atoms with Gasteiger partial charge in [-0.15, -0.1) is 0 Å². The maximum Gasteiger partial charge on any atom is 0.329 e. The molecule has 0 bridgehead atoms. The summed E-state index contributed by atoms with van der Waals surface area (Å²) in [5.74, 6) is -1.26. The molecular weight excluding hydrogens is 260 g/mol. The van der Waals surface area contributed by atoms with Gasteiger partial charge < -0.3 is 15.3 Å². The number of carbonyl (C=O) groups is 3. The van der Waals surface area contributed by atoms with Crippen LogP contribution < -0.4 is 5.32 Å². The van der Waals surface area contributed by atoms with Crippen LogP contribution in [0.15, 0.2) is 0 Å². The highest BCUT2D eigenvalue weighted by molar-refractivity contribution is 5.92. The van der Waals surface area contributed by atoms with Crippen LogP contribution in [0.3, 0.4) is 0 Å². The van der Waals surface area contributed by atoms with Gasteiger partial charge in [-0.05, 0) is 31.6 Å². The van der Waals surface area contributed by atoms with Crippen LogP contribution in [0.4, 0.5) is 0 Å². The highest BCUT2D eigenvalue weighted by atomic mass is 16.4. The van der Waals surface area contributed by atoms with Gasteiger partial charge in [0.05, 0.1) is 5.92 Å². The molecule has 0 aromatic heterocycles. The minimum absolute atomic E-state index is 0.0632. The van der Waals surface area contributed by atoms with E-state index in [0.717, 1.165) is 12.8 Å². The van der Waals surface area contributed by atoms with E-state index in [0.29, 0.717) is 25.3 Å². The largest absolute Gasteiger partial charge is 0.480 e. The number of rotatable bonds is 3. The molecule has 1 heterocycles. The Morgan fingerprint density at radius 3 is 2.40 bits per heavy atom. The van der Waals surface area contributed by atoms with Gasteiger partial charge in [0.1, 0.15) is 5.54 Å². The van der Waals surface area contributed by atoms with Crippen molar-refractivity contribution in [2.24, 2.45) is 11.8 Å². The predicted octanol–water partition coefficient (Wildman–Crippen LogP) is 0.614. The summed E-state index contributed by atoms with van der Waals surface area (Å²) < 4.78 is 0. The van der Waals surface area contributed by atoms with Crippen molar-refractivity contribution in [1.29, 1.82) is 0 Å². The average molecular weight is 282 g/mol. The Labute approximate surface area is 118 Å². The van der Waals surface area contributed by atoms with E-state index in [1.54, 1.807) is 7.05 Å². The molecule has 2 amide bonds. The molecule has 6 heteroatoms. The zero-order valence-electron chi connectivity index (χ0n) is 12.0. The Hall–Kier alpha value is -1.59. The maximum absolute atomic E-state index is 12.2. The molecule has 2 aliphatic rings. The van der Waals surface area contributed by atoms with Gasteiger partial charge in [0, 0.05) is 20.0 Å². The van der Waals surface area contributed by atoms with Crippen molar-refractivity contribution in [3.63, 3.8) is 0 Å². The Morgan fingerprint density at radius 1 is 1.35 bits per heavy atom. The van der Waals surface area contributed by atoms with Gasteiger partial charge in [0.2, 0.25) is 11.8 Å². The molecule has 1 unspecified atom stereocenters. The summed E-state index contributed by atoms with van der Waals surface area (Å²) in [6.45, 7) is 2.47. The second kappa shape index (κ2) is 5.42. The van der Waals surface area contributed by atoms with Crippen LogP contribution in [0.2, 0.25) is 0 Å². The number of amides is 2. The minimum atomic E-state index is -1.15. The lowest BCUT2D eigenvalue weighted by molar-refractivity contribution is -0.150. The molecule has 6 nitrogen and oxygen atoms in total. The van der Waals surface area contributed by atoms with Crippen LogP contribution in [-0.4, -0.2) is 46.9 Å². The molecule has 1 saturated carbocycles. The Balaban J connectivity index is 2.04. The topological polar surface area (TPSA) is 86.7 Å². The summed E-state index contributed by atoms with van der Waals surface area (Å²) in [4.78, 5) is 36.8. The molecule has 1 aliphatic heterocycles. The van der Waals surface area contributed by atoms with Crippen molar-refractivity contribution in [3.05, 3.63) is 0 Å². The third-order valence-electron chi connectivity index (χ3n) is 4.61. The molecule has 0 aromatic carbocycles. The van der Waals surface area contributed by atoms with E-state index in [9.17, 15) is 19.5 Å². The molecule has 0 spiro atoms. The zero-order valence-corrected chi connectivity index (χ0v) is 12.0. The van der Waals surface area contributed by atoms with Crippen molar-refractivity contribution in [1.82, 2.24) is 10.2 Å². The summed E-state index contributed by atoms with van der Waals surface area (Å²) in [5, 5.41) is 12.2. The summed E-state index contributed by atoms with van der Waals surface area (Å²) in [6, 6.07) is 0. The number of carbonyl (C=O) groups excluding carboxylic acids is 2. The lowest BCUT2D eigenvalue weighted by Crippen LogP contribution is -2.57. The second-order valence-electron chi connectivity index (χ2n) is 6.23. The van der Waals surface area contributed by atoms with Gasteiger partial charge in [-0.25, -0.2) is 4.79 Å². The standard InChI is InChI=1S/C14H22N2O4/c1-9-3-5-14(6-4-9,13(19)20)15-12(18)10-7-11(17)16(2)8-10/h9-10H,3-8H2,1-2H3,(H,15,18)(H,19,20). The van der Waals surface area contributed by atoms with Crippen LogP contribution >= 0.6 is 0 Å². The molecule has 2 N–H and O–H groups in total. The Bertz CT molecular complexity index is 427. The molecule has 0 aromatic rings. The highest BCUT2D eigenvalue weighted by Gasteiger charge is 2.44. The van der Waals surface area contributed by atoms with Crippen molar-refractivity contribution in [3.8, 4) is 0 Å². The summed E-state index contributed by atoms with van der Waals surface area (Å²) >= 11 is 0. The van der Waals surface area contributed by atoms with Gasteiger partial charge in [-0.1, -0.05) is 6.92 Å². The molecule has 20 heavy (non-hydrogen) atoms. The van der Waals surface area contributed by atoms with E-state index < -0.39 is 17.4 Å². The number of hydrogen-bond acceptors (Lipinski definition) is 3. The number of likely N-dealkylation sites (tertiary alicyclic amines) is 1.